The number of hydrogen-bond donors (Lipinski definition) is 2. The van der Waals surface area contributed by atoms with Gasteiger partial charge in [-0.1, -0.05) is 26.0 Å². The Morgan fingerprint density at radius 1 is 1.33 bits per heavy atom. The predicted octanol–water partition coefficient (Wildman–Crippen LogP) is 2.06. The minimum Gasteiger partial charge on any atom is -0.497 e. The number of carboxylic acids is 1. The molecule has 1 unspecified atom stereocenters. The number of methoxy groups -OCH3 is 1. The maximum Gasteiger partial charge on any atom is 0.320 e. The first-order chi connectivity index (χ1) is 11.4. The lowest BCUT2D eigenvalue weighted by molar-refractivity contribution is -0.142. The molecule has 6 nitrogen and oxygen atoms in total. The second kappa shape index (κ2) is 8.15. The number of rotatable bonds is 7. The summed E-state index contributed by atoms with van der Waals surface area (Å²) in [5.41, 5.74) is 1.01. The molecular weight excluding hydrogens is 308 g/mol. The molecule has 1 aromatic rings. The lowest BCUT2D eigenvalue weighted by Gasteiger charge is -2.26. The summed E-state index contributed by atoms with van der Waals surface area (Å²) in [6.45, 7) is 4.87. The Kier molecular flexibility index (Phi) is 6.20. The average molecular weight is 334 g/mol. The first-order valence-electron chi connectivity index (χ1n) is 8.32. The van der Waals surface area contributed by atoms with Crippen molar-refractivity contribution in [3.8, 4) is 5.75 Å². The summed E-state index contributed by atoms with van der Waals surface area (Å²) in [7, 11) is 1.62. The van der Waals surface area contributed by atoms with Gasteiger partial charge in [0.25, 0.3) is 0 Å². The second-order valence-electron chi connectivity index (χ2n) is 6.53. The van der Waals surface area contributed by atoms with E-state index in [9.17, 15) is 14.7 Å². The molecule has 1 heterocycles. The topological polar surface area (TPSA) is 78.9 Å². The van der Waals surface area contributed by atoms with Gasteiger partial charge >= 0.3 is 5.97 Å². The Bertz CT molecular complexity index is 571. The summed E-state index contributed by atoms with van der Waals surface area (Å²) in [6, 6.07) is 6.97. The number of ether oxygens (including phenoxy) is 1. The number of likely N-dealkylation sites (tertiary alicyclic amines) is 1. The number of carbonyl (C=O) groups excluding carboxylic acids is 1. The second-order valence-corrected chi connectivity index (χ2v) is 6.53. The normalized spacial score (nSPS) is 19.2. The van der Waals surface area contributed by atoms with Crippen LogP contribution in [0.2, 0.25) is 0 Å². The van der Waals surface area contributed by atoms with Crippen LogP contribution in [-0.4, -0.2) is 48.1 Å². The Morgan fingerprint density at radius 3 is 2.54 bits per heavy atom. The number of benzene rings is 1. The van der Waals surface area contributed by atoms with E-state index >= 15 is 0 Å². The molecule has 0 aliphatic carbocycles. The number of carbonyl (C=O) groups is 2. The quantitative estimate of drug-likeness (QED) is 0.798. The first-order valence-corrected chi connectivity index (χ1v) is 8.32. The van der Waals surface area contributed by atoms with E-state index in [2.05, 4.69) is 5.32 Å². The highest BCUT2D eigenvalue weighted by molar-refractivity contribution is 5.80. The molecule has 132 valence electrons. The monoisotopic (exact) mass is 334 g/mol. The molecule has 6 heteroatoms. The molecule has 1 saturated heterocycles. The molecule has 2 atom stereocenters. The van der Waals surface area contributed by atoms with Crippen molar-refractivity contribution in [1.29, 1.82) is 0 Å². The number of nitrogens with one attached hydrogen (secondary N) is 1. The number of carboxylic acid groups (broad SMARTS) is 1. The lowest BCUT2D eigenvalue weighted by Crippen LogP contribution is -2.44. The van der Waals surface area contributed by atoms with Crippen LogP contribution in [0.15, 0.2) is 24.3 Å². The number of nitrogens with zero attached hydrogens (tertiary/aromatic N) is 1. The zero-order valence-electron chi connectivity index (χ0n) is 14.5. The van der Waals surface area contributed by atoms with Crippen LogP contribution in [0.5, 0.6) is 5.75 Å². The van der Waals surface area contributed by atoms with Gasteiger partial charge in [-0.15, -0.1) is 0 Å². The molecule has 1 aromatic carbocycles. The highest BCUT2D eigenvalue weighted by atomic mass is 16.5. The van der Waals surface area contributed by atoms with Gasteiger partial charge in [0.1, 0.15) is 11.8 Å². The van der Waals surface area contributed by atoms with Crippen LogP contribution in [-0.2, 0) is 9.59 Å². The molecule has 1 aliphatic heterocycles. The number of aliphatic carboxylic acids is 1. The van der Waals surface area contributed by atoms with Gasteiger partial charge in [-0.2, -0.15) is 0 Å². The fraction of sp³-hybridized carbons (Fsp3) is 0.556. The molecule has 1 aliphatic rings. The lowest BCUT2D eigenvalue weighted by atomic mass is 9.96. The SMILES string of the molecule is COc1ccc(C(NC(=O)CN2CCC[C@H]2C(=O)O)C(C)C)cc1. The van der Waals surface area contributed by atoms with Crippen molar-refractivity contribution in [3.05, 3.63) is 29.8 Å². The highest BCUT2D eigenvalue weighted by Gasteiger charge is 2.32. The maximum absolute atomic E-state index is 12.4. The third kappa shape index (κ3) is 4.47. The fourth-order valence-electron chi connectivity index (χ4n) is 3.14. The van der Waals surface area contributed by atoms with Crippen LogP contribution in [0.25, 0.3) is 0 Å². The van der Waals surface area contributed by atoms with Crippen molar-refractivity contribution in [1.82, 2.24) is 10.2 Å². The Labute approximate surface area is 142 Å². The van der Waals surface area contributed by atoms with Crippen LogP contribution in [0.3, 0.4) is 0 Å². The van der Waals surface area contributed by atoms with Crippen LogP contribution in [0, 0.1) is 5.92 Å². The average Bonchev–Trinajstić information content (AvgIpc) is 3.01. The minimum atomic E-state index is -0.851. The van der Waals surface area contributed by atoms with E-state index in [0.29, 0.717) is 13.0 Å². The van der Waals surface area contributed by atoms with Crippen molar-refractivity contribution in [3.63, 3.8) is 0 Å². The fourth-order valence-corrected chi connectivity index (χ4v) is 3.14. The number of hydrogen-bond acceptors (Lipinski definition) is 4. The van der Waals surface area contributed by atoms with Crippen LogP contribution in [0.4, 0.5) is 0 Å². The molecule has 0 radical (unpaired) electrons. The largest absolute Gasteiger partial charge is 0.497 e. The Morgan fingerprint density at radius 2 is 2.00 bits per heavy atom. The van der Waals surface area contributed by atoms with Crippen molar-refractivity contribution >= 4 is 11.9 Å². The summed E-state index contributed by atoms with van der Waals surface area (Å²) < 4.78 is 5.16. The molecule has 0 aromatic heterocycles. The van der Waals surface area contributed by atoms with E-state index in [0.717, 1.165) is 17.7 Å². The van der Waals surface area contributed by atoms with Crippen LogP contribution in [0.1, 0.15) is 38.3 Å². The smallest absolute Gasteiger partial charge is 0.320 e. The van der Waals surface area contributed by atoms with Crippen molar-refractivity contribution in [2.45, 2.75) is 38.8 Å². The summed E-state index contributed by atoms with van der Waals surface area (Å²) in [5.74, 6) is -0.00123. The van der Waals surface area contributed by atoms with E-state index in [4.69, 9.17) is 4.74 Å². The molecule has 2 N–H and O–H groups in total. The summed E-state index contributed by atoms with van der Waals surface area (Å²) in [4.78, 5) is 25.4. The molecule has 0 spiro atoms. The van der Waals surface area contributed by atoms with Crippen molar-refractivity contribution in [2.24, 2.45) is 5.92 Å². The highest BCUT2D eigenvalue weighted by Crippen LogP contribution is 2.24. The van der Waals surface area contributed by atoms with E-state index in [1.807, 2.05) is 38.1 Å². The van der Waals surface area contributed by atoms with E-state index in [1.165, 1.54) is 0 Å². The number of amides is 1. The molecule has 1 amide bonds. The summed E-state index contributed by atoms with van der Waals surface area (Å²) in [6.07, 6.45) is 1.42. The molecule has 0 bridgehead atoms. The molecule has 1 fully saturated rings. The Balaban J connectivity index is 2.01. The van der Waals surface area contributed by atoms with Gasteiger partial charge in [0.2, 0.25) is 5.91 Å². The maximum atomic E-state index is 12.4. The van der Waals surface area contributed by atoms with E-state index in [1.54, 1.807) is 12.0 Å². The van der Waals surface area contributed by atoms with Gasteiger partial charge in [-0.05, 0) is 43.0 Å². The molecule has 2 rings (SSSR count). The van der Waals surface area contributed by atoms with Crippen molar-refractivity contribution in [2.75, 3.05) is 20.2 Å². The summed E-state index contributed by atoms with van der Waals surface area (Å²) >= 11 is 0. The van der Waals surface area contributed by atoms with E-state index in [-0.39, 0.29) is 24.4 Å². The van der Waals surface area contributed by atoms with Crippen LogP contribution >= 0.6 is 0 Å². The molecular formula is C18H26N2O4. The van der Waals surface area contributed by atoms with Crippen LogP contribution < -0.4 is 10.1 Å². The third-order valence-corrected chi connectivity index (χ3v) is 4.45. The predicted molar refractivity (Wildman–Crippen MR) is 90.9 cm³/mol. The van der Waals surface area contributed by atoms with Gasteiger partial charge in [-0.3, -0.25) is 14.5 Å². The van der Waals surface area contributed by atoms with Gasteiger partial charge in [0.15, 0.2) is 0 Å². The van der Waals surface area contributed by atoms with Gasteiger partial charge in [0.05, 0.1) is 19.7 Å². The van der Waals surface area contributed by atoms with Crippen molar-refractivity contribution < 1.29 is 19.4 Å². The minimum absolute atomic E-state index is 0.116. The zero-order valence-corrected chi connectivity index (χ0v) is 14.5. The zero-order chi connectivity index (χ0) is 17.7. The molecule has 24 heavy (non-hydrogen) atoms. The van der Waals surface area contributed by atoms with E-state index < -0.39 is 12.0 Å². The molecule has 0 saturated carbocycles. The van der Waals surface area contributed by atoms with Gasteiger partial charge < -0.3 is 15.2 Å². The first kappa shape index (κ1) is 18.3. The van der Waals surface area contributed by atoms with Gasteiger partial charge in [0, 0.05) is 0 Å². The Hall–Kier alpha value is -2.08. The standard InChI is InChI=1S/C18H26N2O4/c1-12(2)17(13-6-8-14(24-3)9-7-13)19-16(21)11-20-10-4-5-15(20)18(22)23/h6-9,12,15,17H,4-5,10-11H2,1-3H3,(H,19,21)(H,22,23)/t15-,17?/m0/s1. The van der Waals surface area contributed by atoms with Gasteiger partial charge in [-0.25, -0.2) is 0 Å². The summed E-state index contributed by atoms with van der Waals surface area (Å²) in [5, 5.41) is 12.3. The third-order valence-electron chi connectivity index (χ3n) is 4.45.